The maximum atomic E-state index is 5.60. The van der Waals surface area contributed by atoms with Gasteiger partial charge in [-0.05, 0) is 13.8 Å². The molecule has 0 bridgehead atoms. The van der Waals surface area contributed by atoms with E-state index >= 15 is 0 Å². The van der Waals surface area contributed by atoms with Gasteiger partial charge < -0.3 is 20.2 Å². The third-order valence-corrected chi connectivity index (χ3v) is 1.97. The minimum Gasteiger partial charge on any atom is -0.369 e. The molecule has 5 nitrogen and oxygen atoms in total. The average molecular weight is 183 g/mol. The molecule has 1 aromatic rings. The number of rotatable bonds is 1. The number of nitrogens with two attached hydrogens (primary N) is 1. The molecule has 0 aromatic carbocycles. The van der Waals surface area contributed by atoms with E-state index < -0.39 is 5.79 Å². The van der Waals surface area contributed by atoms with Crippen molar-refractivity contribution in [2.24, 2.45) is 0 Å². The number of hydrogen-bond donors (Lipinski definition) is 2. The van der Waals surface area contributed by atoms with E-state index in [0.717, 1.165) is 5.69 Å². The van der Waals surface area contributed by atoms with Crippen LogP contribution in [0.3, 0.4) is 0 Å². The smallest absolute Gasteiger partial charge is 0.197 e. The van der Waals surface area contributed by atoms with Crippen molar-refractivity contribution in [3.8, 4) is 0 Å². The summed E-state index contributed by atoms with van der Waals surface area (Å²) >= 11 is 0. The summed E-state index contributed by atoms with van der Waals surface area (Å²) < 4.78 is 11.0. The van der Waals surface area contributed by atoms with Crippen LogP contribution in [0.5, 0.6) is 0 Å². The summed E-state index contributed by atoms with van der Waals surface area (Å²) in [6.45, 7) is 4.30. The summed E-state index contributed by atoms with van der Waals surface area (Å²) in [5, 5.41) is 0. The van der Waals surface area contributed by atoms with Crippen LogP contribution in [0.15, 0.2) is 6.20 Å². The van der Waals surface area contributed by atoms with Crippen LogP contribution in [0.25, 0.3) is 0 Å². The minimum absolute atomic E-state index is 0.0835. The molecule has 0 radical (unpaired) electrons. The van der Waals surface area contributed by atoms with E-state index in [9.17, 15) is 0 Å². The molecule has 0 amide bonds. The maximum absolute atomic E-state index is 5.60. The van der Waals surface area contributed by atoms with E-state index in [1.165, 1.54) is 0 Å². The van der Waals surface area contributed by atoms with Crippen molar-refractivity contribution in [2.75, 3.05) is 12.3 Å². The molecule has 2 heterocycles. The van der Waals surface area contributed by atoms with Crippen LogP contribution >= 0.6 is 0 Å². The van der Waals surface area contributed by atoms with Crippen LogP contribution in [0.2, 0.25) is 0 Å². The van der Waals surface area contributed by atoms with E-state index in [-0.39, 0.29) is 6.10 Å². The van der Waals surface area contributed by atoms with Gasteiger partial charge in [-0.3, -0.25) is 0 Å². The van der Waals surface area contributed by atoms with E-state index in [1.54, 1.807) is 6.20 Å². The number of nitrogens with one attached hydrogen (secondary N) is 1. The molecule has 0 spiro atoms. The second-order valence-electron chi connectivity index (χ2n) is 3.54. The van der Waals surface area contributed by atoms with Crippen LogP contribution < -0.4 is 5.73 Å². The van der Waals surface area contributed by atoms with Crippen LogP contribution in [0.1, 0.15) is 25.6 Å². The third kappa shape index (κ3) is 1.66. The number of nitrogens with zero attached hydrogens (tertiary/aromatic N) is 1. The van der Waals surface area contributed by atoms with Gasteiger partial charge in [-0.25, -0.2) is 4.98 Å². The Bertz CT molecular complexity index is 308. The fraction of sp³-hybridized carbons (Fsp3) is 0.625. The SMILES string of the molecule is CC1(C)OCC(c2cnc(N)[nH]2)O1. The lowest BCUT2D eigenvalue weighted by atomic mass is 10.3. The summed E-state index contributed by atoms with van der Waals surface area (Å²) in [6.07, 6.45) is 1.59. The number of ether oxygens (including phenoxy) is 2. The number of anilines is 1. The van der Waals surface area contributed by atoms with Gasteiger partial charge in [0.25, 0.3) is 0 Å². The molecule has 0 saturated carbocycles. The van der Waals surface area contributed by atoms with E-state index in [0.29, 0.717) is 12.6 Å². The summed E-state index contributed by atoms with van der Waals surface area (Å²) in [4.78, 5) is 6.81. The Morgan fingerprint density at radius 1 is 1.69 bits per heavy atom. The number of aromatic amines is 1. The second kappa shape index (κ2) is 2.71. The zero-order valence-electron chi connectivity index (χ0n) is 7.70. The molecule has 1 atom stereocenters. The highest BCUT2D eigenvalue weighted by Crippen LogP contribution is 2.31. The van der Waals surface area contributed by atoms with Crippen molar-refractivity contribution < 1.29 is 9.47 Å². The minimum atomic E-state index is -0.509. The molecule has 0 aliphatic carbocycles. The highest BCUT2D eigenvalue weighted by Gasteiger charge is 2.34. The fourth-order valence-electron chi connectivity index (χ4n) is 1.36. The highest BCUT2D eigenvalue weighted by molar-refractivity contribution is 5.20. The van der Waals surface area contributed by atoms with Gasteiger partial charge in [-0.1, -0.05) is 0 Å². The Balaban J connectivity index is 2.12. The predicted octanol–water partition coefficient (Wildman–Crippen LogP) is 0.816. The normalized spacial score (nSPS) is 26.5. The average Bonchev–Trinajstić information content (AvgIpc) is 2.56. The van der Waals surface area contributed by atoms with Crippen LogP contribution in [0, 0.1) is 0 Å². The standard InChI is InChI=1S/C8H13N3O2/c1-8(2)12-4-6(13-8)5-3-10-7(9)11-5/h3,6H,4H2,1-2H3,(H3,9,10,11). The quantitative estimate of drug-likeness (QED) is 0.676. The van der Waals surface area contributed by atoms with Gasteiger partial charge in [0.1, 0.15) is 6.10 Å². The molecular formula is C8H13N3O2. The first-order valence-corrected chi connectivity index (χ1v) is 4.19. The first-order valence-electron chi connectivity index (χ1n) is 4.19. The van der Waals surface area contributed by atoms with Gasteiger partial charge in [-0.15, -0.1) is 0 Å². The van der Waals surface area contributed by atoms with Crippen molar-refractivity contribution in [3.05, 3.63) is 11.9 Å². The molecule has 1 saturated heterocycles. The topological polar surface area (TPSA) is 73.2 Å². The molecular weight excluding hydrogens is 170 g/mol. The first kappa shape index (κ1) is 8.52. The highest BCUT2D eigenvalue weighted by atomic mass is 16.7. The van der Waals surface area contributed by atoms with E-state index in [4.69, 9.17) is 15.2 Å². The zero-order chi connectivity index (χ0) is 9.47. The summed E-state index contributed by atoms with van der Waals surface area (Å²) in [5.41, 5.74) is 6.31. The van der Waals surface area contributed by atoms with Crippen LogP contribution in [-0.2, 0) is 9.47 Å². The molecule has 1 unspecified atom stereocenters. The van der Waals surface area contributed by atoms with Crippen molar-refractivity contribution in [3.63, 3.8) is 0 Å². The monoisotopic (exact) mass is 183 g/mol. The molecule has 3 N–H and O–H groups in total. The van der Waals surface area contributed by atoms with Gasteiger partial charge in [0.05, 0.1) is 18.5 Å². The van der Waals surface area contributed by atoms with Crippen LogP contribution in [-0.4, -0.2) is 22.4 Å². The van der Waals surface area contributed by atoms with Gasteiger partial charge in [-0.2, -0.15) is 0 Å². The molecule has 1 aromatic heterocycles. The Hall–Kier alpha value is -1.07. The molecule has 13 heavy (non-hydrogen) atoms. The molecule has 5 heteroatoms. The van der Waals surface area contributed by atoms with Crippen LogP contribution in [0.4, 0.5) is 5.95 Å². The summed E-state index contributed by atoms with van der Waals surface area (Å²) in [7, 11) is 0. The maximum Gasteiger partial charge on any atom is 0.197 e. The van der Waals surface area contributed by atoms with E-state index in [1.807, 2.05) is 13.8 Å². The van der Waals surface area contributed by atoms with Gasteiger partial charge in [0.2, 0.25) is 0 Å². The second-order valence-corrected chi connectivity index (χ2v) is 3.54. The van der Waals surface area contributed by atoms with Crippen molar-refractivity contribution >= 4 is 5.95 Å². The van der Waals surface area contributed by atoms with Crippen molar-refractivity contribution in [2.45, 2.75) is 25.7 Å². The largest absolute Gasteiger partial charge is 0.369 e. The Morgan fingerprint density at radius 2 is 2.46 bits per heavy atom. The number of nitrogen functional groups attached to an aromatic ring is 1. The summed E-state index contributed by atoms with van der Waals surface area (Å²) in [6, 6.07) is 0. The Labute approximate surface area is 76.2 Å². The number of hydrogen-bond acceptors (Lipinski definition) is 4. The van der Waals surface area contributed by atoms with Gasteiger partial charge in [0, 0.05) is 0 Å². The Kier molecular flexibility index (Phi) is 1.78. The van der Waals surface area contributed by atoms with Gasteiger partial charge >= 0.3 is 0 Å². The molecule has 72 valence electrons. The summed E-state index contributed by atoms with van der Waals surface area (Å²) in [5.74, 6) is -0.104. The zero-order valence-corrected chi connectivity index (χ0v) is 7.70. The van der Waals surface area contributed by atoms with Gasteiger partial charge in [0.15, 0.2) is 11.7 Å². The number of H-pyrrole nitrogens is 1. The lowest BCUT2D eigenvalue weighted by molar-refractivity contribution is -0.139. The van der Waals surface area contributed by atoms with Crippen molar-refractivity contribution in [1.29, 1.82) is 0 Å². The fourth-order valence-corrected chi connectivity index (χ4v) is 1.36. The first-order chi connectivity index (χ1) is 6.07. The molecule has 1 aliphatic rings. The number of imidazole rings is 1. The van der Waals surface area contributed by atoms with Crippen molar-refractivity contribution in [1.82, 2.24) is 9.97 Å². The molecule has 1 fully saturated rings. The molecule has 2 rings (SSSR count). The number of aromatic nitrogens is 2. The third-order valence-electron chi connectivity index (χ3n) is 1.97. The molecule has 1 aliphatic heterocycles. The lowest BCUT2D eigenvalue weighted by Gasteiger charge is -2.16. The Morgan fingerprint density at radius 3 is 2.92 bits per heavy atom. The lowest BCUT2D eigenvalue weighted by Crippen LogP contribution is -2.19. The predicted molar refractivity (Wildman–Crippen MR) is 46.9 cm³/mol. The van der Waals surface area contributed by atoms with E-state index in [2.05, 4.69) is 9.97 Å².